The van der Waals surface area contributed by atoms with Crippen molar-refractivity contribution < 1.29 is 24.6 Å². The Morgan fingerprint density at radius 1 is 1.06 bits per heavy atom. The van der Waals surface area contributed by atoms with Gasteiger partial charge >= 0.3 is 11.9 Å². The fourth-order valence-corrected chi connectivity index (χ4v) is 2.32. The average molecular weight is 254 g/mol. The molecular formula is C13H18O5. The zero-order chi connectivity index (χ0) is 13.7. The Bertz CT molecular complexity index is 388. The zero-order valence-corrected chi connectivity index (χ0v) is 10.4. The average Bonchev–Trinajstić information content (AvgIpc) is 2.78. The predicted molar refractivity (Wildman–Crippen MR) is 64.2 cm³/mol. The van der Waals surface area contributed by atoms with E-state index in [9.17, 15) is 14.4 Å². The molecule has 0 unspecified atom stereocenters. The molecule has 0 aliphatic heterocycles. The Morgan fingerprint density at radius 2 is 1.61 bits per heavy atom. The molecule has 1 fully saturated rings. The number of carbonyl (C=O) groups is 3. The van der Waals surface area contributed by atoms with Gasteiger partial charge in [-0.1, -0.05) is 18.4 Å². The van der Waals surface area contributed by atoms with Crippen molar-refractivity contribution in [2.24, 2.45) is 5.92 Å². The van der Waals surface area contributed by atoms with Crippen molar-refractivity contribution in [2.75, 3.05) is 0 Å². The van der Waals surface area contributed by atoms with Crippen LogP contribution < -0.4 is 0 Å². The second kappa shape index (κ2) is 6.33. The van der Waals surface area contributed by atoms with Crippen molar-refractivity contribution in [3.8, 4) is 0 Å². The topological polar surface area (TPSA) is 91.7 Å². The van der Waals surface area contributed by atoms with Gasteiger partial charge in [0.1, 0.15) is 5.78 Å². The largest absolute Gasteiger partial charge is 0.481 e. The fourth-order valence-electron chi connectivity index (χ4n) is 2.32. The van der Waals surface area contributed by atoms with Crippen LogP contribution >= 0.6 is 0 Å². The second-order valence-corrected chi connectivity index (χ2v) is 4.76. The van der Waals surface area contributed by atoms with Crippen molar-refractivity contribution in [2.45, 2.75) is 45.4 Å². The third-order valence-corrected chi connectivity index (χ3v) is 3.35. The molecule has 5 heteroatoms. The predicted octanol–water partition coefficient (Wildman–Crippen LogP) is 2.01. The van der Waals surface area contributed by atoms with Gasteiger partial charge in [-0.15, -0.1) is 0 Å². The molecule has 0 aromatic heterocycles. The lowest BCUT2D eigenvalue weighted by molar-refractivity contribution is -0.139. The molecule has 1 rings (SSSR count). The number of hydrogen-bond acceptors (Lipinski definition) is 3. The first-order chi connectivity index (χ1) is 8.41. The molecule has 0 saturated heterocycles. The van der Waals surface area contributed by atoms with E-state index in [1.54, 1.807) is 0 Å². The first kappa shape index (κ1) is 14.4. The molecule has 0 aromatic rings. The maximum atomic E-state index is 11.9. The number of ketones is 1. The van der Waals surface area contributed by atoms with Crippen molar-refractivity contribution in [1.29, 1.82) is 0 Å². The second-order valence-electron chi connectivity index (χ2n) is 4.76. The molecule has 0 spiro atoms. The molecule has 0 radical (unpaired) electrons. The fraction of sp³-hybridized carbons (Fsp3) is 0.615. The minimum atomic E-state index is -1.26. The van der Waals surface area contributed by atoms with Crippen LogP contribution in [0.1, 0.15) is 45.4 Å². The van der Waals surface area contributed by atoms with Gasteiger partial charge in [-0.25, -0.2) is 4.79 Å². The Morgan fingerprint density at radius 3 is 2.06 bits per heavy atom. The summed E-state index contributed by atoms with van der Waals surface area (Å²) in [6.45, 7) is 1.53. The van der Waals surface area contributed by atoms with Gasteiger partial charge in [0, 0.05) is 17.9 Å². The number of aliphatic carboxylic acids is 2. The van der Waals surface area contributed by atoms with Gasteiger partial charge in [0.2, 0.25) is 0 Å². The molecule has 0 bridgehead atoms. The summed E-state index contributed by atoms with van der Waals surface area (Å²) in [4.78, 5) is 33.4. The summed E-state index contributed by atoms with van der Waals surface area (Å²) < 4.78 is 0. The van der Waals surface area contributed by atoms with E-state index in [4.69, 9.17) is 10.2 Å². The van der Waals surface area contributed by atoms with E-state index in [1.807, 2.05) is 0 Å². The molecule has 1 aliphatic rings. The Labute approximate surface area is 105 Å². The van der Waals surface area contributed by atoms with E-state index in [2.05, 4.69) is 0 Å². The molecule has 18 heavy (non-hydrogen) atoms. The standard InChI is InChI=1S/C13H18O5/c1-8(10(13(17)18)7-12(15)16)6-11(14)9-4-2-3-5-9/h9H,2-7H2,1H3,(H,15,16)(H,17,18). The third-order valence-electron chi connectivity index (χ3n) is 3.35. The van der Waals surface area contributed by atoms with E-state index < -0.39 is 18.4 Å². The molecule has 0 heterocycles. The lowest BCUT2D eigenvalue weighted by Crippen LogP contribution is -2.14. The van der Waals surface area contributed by atoms with Crippen LogP contribution in [-0.4, -0.2) is 27.9 Å². The number of Topliss-reactive ketones (excluding diaryl/α,β-unsaturated/α-hetero) is 1. The lowest BCUT2D eigenvalue weighted by Gasteiger charge is -2.10. The quantitative estimate of drug-likeness (QED) is 0.707. The van der Waals surface area contributed by atoms with Gasteiger partial charge in [-0.2, -0.15) is 0 Å². The molecular weight excluding hydrogens is 236 g/mol. The summed E-state index contributed by atoms with van der Waals surface area (Å²) in [5.41, 5.74) is 0.190. The third kappa shape index (κ3) is 3.98. The number of allylic oxidation sites excluding steroid dienone is 1. The summed E-state index contributed by atoms with van der Waals surface area (Å²) >= 11 is 0. The summed E-state index contributed by atoms with van der Waals surface area (Å²) in [5.74, 6) is -2.39. The van der Waals surface area contributed by atoms with Gasteiger partial charge in [-0.3, -0.25) is 9.59 Å². The highest BCUT2D eigenvalue weighted by Gasteiger charge is 2.24. The van der Waals surface area contributed by atoms with Gasteiger partial charge < -0.3 is 10.2 Å². The van der Waals surface area contributed by atoms with Crippen LogP contribution in [-0.2, 0) is 14.4 Å². The normalized spacial score (nSPS) is 17.4. The summed E-state index contributed by atoms with van der Waals surface area (Å²) in [7, 11) is 0. The van der Waals surface area contributed by atoms with E-state index in [1.165, 1.54) is 6.92 Å². The number of carbonyl (C=O) groups excluding carboxylic acids is 1. The molecule has 1 saturated carbocycles. The highest BCUT2D eigenvalue weighted by atomic mass is 16.4. The molecule has 0 aromatic carbocycles. The van der Waals surface area contributed by atoms with Crippen LogP contribution in [0.25, 0.3) is 0 Å². The molecule has 100 valence electrons. The van der Waals surface area contributed by atoms with Crippen molar-refractivity contribution in [3.05, 3.63) is 11.1 Å². The smallest absolute Gasteiger partial charge is 0.332 e. The summed E-state index contributed by atoms with van der Waals surface area (Å²) in [6, 6.07) is 0. The van der Waals surface area contributed by atoms with Crippen molar-refractivity contribution in [1.82, 2.24) is 0 Å². The number of carboxylic acids is 2. The SMILES string of the molecule is CC(CC(=O)C1CCCC1)=C(CC(=O)O)C(=O)O. The van der Waals surface area contributed by atoms with Crippen LogP contribution in [0.5, 0.6) is 0 Å². The van der Waals surface area contributed by atoms with Crippen LogP contribution in [0.3, 0.4) is 0 Å². The van der Waals surface area contributed by atoms with Crippen LogP contribution in [0.15, 0.2) is 11.1 Å². The van der Waals surface area contributed by atoms with Crippen LogP contribution in [0.2, 0.25) is 0 Å². The molecule has 1 aliphatic carbocycles. The Balaban J connectivity index is 2.74. The molecule has 0 atom stereocenters. The number of rotatable bonds is 6. The zero-order valence-electron chi connectivity index (χ0n) is 10.4. The van der Waals surface area contributed by atoms with E-state index in [0.29, 0.717) is 5.57 Å². The lowest BCUT2D eigenvalue weighted by atomic mass is 9.94. The van der Waals surface area contributed by atoms with Crippen LogP contribution in [0.4, 0.5) is 0 Å². The monoisotopic (exact) mass is 254 g/mol. The maximum Gasteiger partial charge on any atom is 0.332 e. The maximum absolute atomic E-state index is 11.9. The van der Waals surface area contributed by atoms with Gasteiger partial charge in [0.15, 0.2) is 0 Å². The first-order valence-electron chi connectivity index (χ1n) is 6.08. The molecule has 5 nitrogen and oxygen atoms in total. The van der Waals surface area contributed by atoms with Crippen LogP contribution in [0, 0.1) is 5.92 Å². The summed E-state index contributed by atoms with van der Waals surface area (Å²) in [6.07, 6.45) is 3.33. The number of hydrogen-bond donors (Lipinski definition) is 2. The van der Waals surface area contributed by atoms with E-state index in [-0.39, 0.29) is 23.7 Å². The number of carboxylic acid groups (broad SMARTS) is 2. The van der Waals surface area contributed by atoms with Crippen molar-refractivity contribution in [3.63, 3.8) is 0 Å². The minimum absolute atomic E-state index is 0.0276. The van der Waals surface area contributed by atoms with Gasteiger partial charge in [0.05, 0.1) is 6.42 Å². The first-order valence-corrected chi connectivity index (χ1v) is 6.08. The Hall–Kier alpha value is -1.65. The highest BCUT2D eigenvalue weighted by molar-refractivity contribution is 5.94. The van der Waals surface area contributed by atoms with Gasteiger partial charge in [-0.05, 0) is 19.8 Å². The van der Waals surface area contributed by atoms with Gasteiger partial charge in [0.25, 0.3) is 0 Å². The van der Waals surface area contributed by atoms with Crippen molar-refractivity contribution >= 4 is 17.7 Å². The highest BCUT2D eigenvalue weighted by Crippen LogP contribution is 2.28. The van der Waals surface area contributed by atoms with E-state index >= 15 is 0 Å². The molecule has 2 N–H and O–H groups in total. The minimum Gasteiger partial charge on any atom is -0.481 e. The Kier molecular flexibility index (Phi) is 5.07. The summed E-state index contributed by atoms with van der Waals surface area (Å²) in [5, 5.41) is 17.6. The van der Waals surface area contributed by atoms with E-state index in [0.717, 1.165) is 25.7 Å². The molecule has 0 amide bonds.